The van der Waals surface area contributed by atoms with Crippen LogP contribution in [0.25, 0.3) is 33.1 Å². The highest BCUT2D eigenvalue weighted by Gasteiger charge is 2.46. The molecule has 0 bridgehead atoms. The minimum absolute atomic E-state index is 0.0377. The summed E-state index contributed by atoms with van der Waals surface area (Å²) in [6.07, 6.45) is 5.52. The van der Waals surface area contributed by atoms with Gasteiger partial charge in [-0.15, -0.1) is 0 Å². The number of pyridine rings is 1. The number of nitrogens with zero attached hydrogens (tertiary/aromatic N) is 7. The number of H-pyrrole nitrogens is 1. The van der Waals surface area contributed by atoms with Gasteiger partial charge < -0.3 is 19.4 Å². The van der Waals surface area contributed by atoms with Crippen molar-refractivity contribution in [2.24, 2.45) is 5.41 Å². The maximum atomic E-state index is 13.9. The first-order valence-corrected chi connectivity index (χ1v) is 16.8. The average molecular weight is 661 g/mol. The summed E-state index contributed by atoms with van der Waals surface area (Å²) in [5, 5.41) is 8.52. The number of halogens is 3. The zero-order chi connectivity index (χ0) is 33.2. The molecule has 0 radical (unpaired) electrons. The second kappa shape index (κ2) is 11.7. The number of ether oxygens (including phenoxy) is 1. The molecule has 252 valence electrons. The van der Waals surface area contributed by atoms with E-state index in [1.54, 1.807) is 12.4 Å². The molecule has 8 rings (SSSR count). The van der Waals surface area contributed by atoms with E-state index >= 15 is 0 Å². The van der Waals surface area contributed by atoms with Crippen molar-refractivity contribution in [1.82, 2.24) is 34.9 Å². The van der Waals surface area contributed by atoms with Crippen LogP contribution in [0.3, 0.4) is 0 Å². The van der Waals surface area contributed by atoms with Crippen LogP contribution in [-0.4, -0.2) is 100.0 Å². The van der Waals surface area contributed by atoms with Crippen LogP contribution in [0.4, 0.5) is 19.0 Å². The van der Waals surface area contributed by atoms with Crippen LogP contribution in [0.1, 0.15) is 61.7 Å². The maximum absolute atomic E-state index is 13.9. The zero-order valence-corrected chi connectivity index (χ0v) is 27.0. The van der Waals surface area contributed by atoms with Gasteiger partial charge in [0.2, 0.25) is 5.91 Å². The molecule has 48 heavy (non-hydrogen) atoms. The van der Waals surface area contributed by atoms with Gasteiger partial charge in [0.05, 0.1) is 6.20 Å². The van der Waals surface area contributed by atoms with Crippen molar-refractivity contribution in [2.75, 3.05) is 57.8 Å². The maximum Gasteiger partial charge on any atom is 0.422 e. The van der Waals surface area contributed by atoms with Crippen molar-refractivity contribution in [3.63, 3.8) is 0 Å². The number of nitrogens with one attached hydrogen (secondary N) is 1. The molecule has 4 aliphatic rings. The van der Waals surface area contributed by atoms with E-state index in [9.17, 15) is 18.0 Å². The fourth-order valence-electron chi connectivity index (χ4n) is 7.86. The molecule has 0 atom stereocenters. The van der Waals surface area contributed by atoms with Crippen LogP contribution >= 0.6 is 0 Å². The third-order valence-electron chi connectivity index (χ3n) is 10.7. The number of carbonyl (C=O) groups excluding carboxylic acids is 1. The summed E-state index contributed by atoms with van der Waals surface area (Å²) in [6, 6.07) is 3.94. The third-order valence-corrected chi connectivity index (χ3v) is 10.7. The SMILES string of the molecule is C=CC(=O)N1CC2(CCN(c3nc(C4CCN(C)CC4)nc4c(OCC(F)(F)F)c(-c5ccnc6[nH]ncc56)c(C5CC5)cc34)CC2)C1. The molecular formula is C35H39F3N8O2. The standard InChI is InChI=1S/C35H39F3N8O2/c1-3-27(47)46-18-34(19-46)9-14-45(15-10-34)33-25-16-24(21-4-5-21)28(23-6-11-39-32-26(23)17-40-43-32)30(48-20-35(36,37)38)29(25)41-31(42-33)22-7-12-44(2)13-8-22/h3,6,11,16-17,21-22H,1,4-5,7-10,12-15,18-20H2,2H3,(H,39,40,43). The number of amides is 1. The molecule has 13 heteroatoms. The van der Waals surface area contributed by atoms with Gasteiger partial charge in [-0.05, 0) is 93.9 Å². The Morgan fingerprint density at radius 1 is 1.08 bits per heavy atom. The first-order valence-electron chi connectivity index (χ1n) is 16.8. The topological polar surface area (TPSA) is 103 Å². The van der Waals surface area contributed by atoms with Crippen molar-refractivity contribution in [2.45, 2.75) is 56.5 Å². The van der Waals surface area contributed by atoms with Crippen LogP contribution in [0.5, 0.6) is 5.75 Å². The van der Waals surface area contributed by atoms with Gasteiger partial charge in [-0.25, -0.2) is 15.0 Å². The summed E-state index contributed by atoms with van der Waals surface area (Å²) < 4.78 is 47.6. The molecule has 3 aliphatic heterocycles. The Labute approximate surface area is 276 Å². The van der Waals surface area contributed by atoms with Gasteiger partial charge in [0.15, 0.2) is 18.0 Å². The van der Waals surface area contributed by atoms with E-state index < -0.39 is 12.8 Å². The minimum Gasteiger partial charge on any atom is -0.481 e. The monoisotopic (exact) mass is 660 g/mol. The Morgan fingerprint density at radius 2 is 1.83 bits per heavy atom. The van der Waals surface area contributed by atoms with Gasteiger partial charge in [-0.1, -0.05) is 6.58 Å². The number of fused-ring (bicyclic) bond motifs is 2. The number of piperidine rings is 2. The lowest BCUT2D eigenvalue weighted by Gasteiger charge is -2.54. The third kappa shape index (κ3) is 5.65. The lowest BCUT2D eigenvalue weighted by atomic mass is 9.72. The Bertz CT molecular complexity index is 1880. The molecule has 4 fully saturated rings. The first-order chi connectivity index (χ1) is 23.1. The Kier molecular flexibility index (Phi) is 7.57. The van der Waals surface area contributed by atoms with Crippen LogP contribution in [0.15, 0.2) is 37.2 Å². The van der Waals surface area contributed by atoms with E-state index in [1.807, 2.05) is 11.0 Å². The van der Waals surface area contributed by atoms with E-state index in [0.717, 1.165) is 100 Å². The molecule has 1 aliphatic carbocycles. The molecule has 10 nitrogen and oxygen atoms in total. The summed E-state index contributed by atoms with van der Waals surface area (Å²) in [6.45, 7) is 6.88. The molecule has 1 aromatic carbocycles. The second-order valence-electron chi connectivity index (χ2n) is 14.1. The molecule has 3 aromatic heterocycles. The predicted octanol–water partition coefficient (Wildman–Crippen LogP) is 5.81. The van der Waals surface area contributed by atoms with Gasteiger partial charge in [0, 0.05) is 60.0 Å². The van der Waals surface area contributed by atoms with Gasteiger partial charge in [-0.3, -0.25) is 9.89 Å². The Balaban J connectivity index is 1.29. The Morgan fingerprint density at radius 3 is 2.52 bits per heavy atom. The fraction of sp³-hybridized carbons (Fsp3) is 0.514. The molecule has 3 saturated heterocycles. The van der Waals surface area contributed by atoms with Gasteiger partial charge >= 0.3 is 6.18 Å². The summed E-state index contributed by atoms with van der Waals surface area (Å²) in [7, 11) is 2.09. The van der Waals surface area contributed by atoms with Crippen LogP contribution in [0, 0.1) is 5.41 Å². The van der Waals surface area contributed by atoms with Crippen molar-refractivity contribution in [1.29, 1.82) is 0 Å². The summed E-state index contributed by atoms with van der Waals surface area (Å²) in [5.74, 6) is 1.78. The number of aromatic amines is 1. The predicted molar refractivity (Wildman–Crippen MR) is 176 cm³/mol. The molecule has 6 heterocycles. The van der Waals surface area contributed by atoms with Crippen LogP contribution in [-0.2, 0) is 4.79 Å². The quantitative estimate of drug-likeness (QED) is 0.248. The Hall–Kier alpha value is -4.26. The first kappa shape index (κ1) is 31.0. The molecule has 4 aromatic rings. The van der Waals surface area contributed by atoms with Gasteiger partial charge in [0.25, 0.3) is 0 Å². The van der Waals surface area contributed by atoms with E-state index in [0.29, 0.717) is 27.9 Å². The number of alkyl halides is 3. The summed E-state index contributed by atoms with van der Waals surface area (Å²) in [4.78, 5) is 33.3. The molecule has 1 saturated carbocycles. The van der Waals surface area contributed by atoms with Crippen molar-refractivity contribution >= 4 is 33.7 Å². The van der Waals surface area contributed by atoms with E-state index in [-0.39, 0.29) is 28.9 Å². The molecule has 1 amide bonds. The smallest absolute Gasteiger partial charge is 0.422 e. The number of carbonyl (C=O) groups is 1. The average Bonchev–Trinajstić information content (AvgIpc) is 3.80. The lowest BCUT2D eigenvalue weighted by molar-refractivity contribution is -0.153. The van der Waals surface area contributed by atoms with Gasteiger partial charge in [-0.2, -0.15) is 18.3 Å². The molecular weight excluding hydrogens is 621 g/mol. The van der Waals surface area contributed by atoms with Crippen LogP contribution < -0.4 is 9.64 Å². The van der Waals surface area contributed by atoms with Crippen molar-refractivity contribution < 1.29 is 22.7 Å². The molecule has 1 spiro atoms. The number of rotatable bonds is 7. The molecule has 0 unspecified atom stereocenters. The number of anilines is 1. The number of hydrogen-bond donors (Lipinski definition) is 1. The van der Waals surface area contributed by atoms with E-state index in [2.05, 4.69) is 44.7 Å². The highest BCUT2D eigenvalue weighted by molar-refractivity contribution is 6.04. The fourth-order valence-corrected chi connectivity index (χ4v) is 7.86. The number of aromatic nitrogens is 5. The van der Waals surface area contributed by atoms with E-state index in [4.69, 9.17) is 14.7 Å². The summed E-state index contributed by atoms with van der Waals surface area (Å²) in [5.41, 5.74) is 3.33. The lowest BCUT2D eigenvalue weighted by Crippen LogP contribution is -2.61. The largest absolute Gasteiger partial charge is 0.481 e. The molecule has 1 N–H and O–H groups in total. The summed E-state index contributed by atoms with van der Waals surface area (Å²) >= 11 is 0. The van der Waals surface area contributed by atoms with Gasteiger partial charge in [0.1, 0.15) is 17.2 Å². The van der Waals surface area contributed by atoms with Crippen molar-refractivity contribution in [3.8, 4) is 16.9 Å². The van der Waals surface area contributed by atoms with E-state index in [1.165, 1.54) is 6.08 Å². The highest BCUT2D eigenvalue weighted by atomic mass is 19.4. The number of likely N-dealkylation sites (tertiary alicyclic amines) is 2. The minimum atomic E-state index is -4.54. The van der Waals surface area contributed by atoms with Crippen LogP contribution in [0.2, 0.25) is 0 Å². The van der Waals surface area contributed by atoms with Crippen molar-refractivity contribution in [3.05, 3.63) is 48.6 Å². The zero-order valence-electron chi connectivity index (χ0n) is 27.0. The second-order valence-corrected chi connectivity index (χ2v) is 14.1. The highest BCUT2D eigenvalue weighted by Crippen LogP contribution is 2.52. The number of hydrogen-bond acceptors (Lipinski definition) is 8. The number of benzene rings is 1. The normalized spacial score (nSPS) is 20.4.